The maximum Gasteiger partial charge on any atom is 0.389 e. The van der Waals surface area contributed by atoms with Gasteiger partial charge in [-0.05, 0) is 50.5 Å². The van der Waals surface area contributed by atoms with E-state index in [1.807, 2.05) is 0 Å². The minimum Gasteiger partial charge on any atom is -1.00 e. The van der Waals surface area contributed by atoms with Gasteiger partial charge in [0, 0.05) is 13.7 Å². The molecular weight excluding hydrogens is 508 g/mol. The third-order valence-electron chi connectivity index (χ3n) is 7.68. The van der Waals surface area contributed by atoms with Crippen molar-refractivity contribution in [1.29, 1.82) is 0 Å². The van der Waals surface area contributed by atoms with Crippen LogP contribution in [0.15, 0.2) is 30.3 Å². The van der Waals surface area contributed by atoms with Gasteiger partial charge in [-0.15, -0.1) is 0 Å². The van der Waals surface area contributed by atoms with Crippen LogP contribution in [0.3, 0.4) is 0 Å². The molecule has 0 aliphatic rings. The van der Waals surface area contributed by atoms with Gasteiger partial charge in [-0.3, -0.25) is 0 Å². The number of benzene rings is 1. The van der Waals surface area contributed by atoms with Crippen molar-refractivity contribution in [1.82, 2.24) is 0 Å². The lowest BCUT2D eigenvalue weighted by Gasteiger charge is -2.28. The van der Waals surface area contributed by atoms with E-state index in [0.717, 1.165) is 19.3 Å². The predicted molar refractivity (Wildman–Crippen MR) is 157 cm³/mol. The molecule has 0 unspecified atom stereocenters. The fourth-order valence-electron chi connectivity index (χ4n) is 5.48. The summed E-state index contributed by atoms with van der Waals surface area (Å²) >= 11 is 0. The summed E-state index contributed by atoms with van der Waals surface area (Å²) in [5, 5.41) is 0. The average Bonchev–Trinajstić information content (AvgIpc) is 2.85. The Morgan fingerprint density at radius 2 is 0.919 bits per heavy atom. The van der Waals surface area contributed by atoms with Gasteiger partial charge in [0.25, 0.3) is 0 Å². The Bertz CT molecular complexity index is 590. The van der Waals surface area contributed by atoms with Crippen LogP contribution in [0.5, 0.6) is 0 Å². The minimum atomic E-state index is -3.99. The molecule has 0 nitrogen and oxygen atoms in total. The van der Waals surface area contributed by atoms with Gasteiger partial charge in [0.15, 0.2) is 0 Å². The van der Waals surface area contributed by atoms with Gasteiger partial charge in [-0.2, -0.15) is 13.2 Å². The summed E-state index contributed by atoms with van der Waals surface area (Å²) in [4.78, 5) is 0. The lowest BCUT2D eigenvalue weighted by Crippen LogP contribution is -3.00. The molecule has 1 aromatic rings. The zero-order valence-corrected chi connectivity index (χ0v) is 25.8. The van der Waals surface area contributed by atoms with E-state index in [9.17, 15) is 13.2 Å². The molecule has 0 aliphatic carbocycles. The molecule has 0 atom stereocenters. The van der Waals surface area contributed by atoms with Crippen molar-refractivity contribution in [2.75, 3.05) is 18.5 Å². The summed E-state index contributed by atoms with van der Waals surface area (Å²) in [5.41, 5.74) is 1.52. The number of halogens is 4. The first-order valence-electron chi connectivity index (χ1n) is 15.4. The van der Waals surface area contributed by atoms with E-state index in [1.165, 1.54) is 120 Å². The third kappa shape index (κ3) is 21.3. The van der Waals surface area contributed by atoms with E-state index in [2.05, 4.69) is 44.2 Å². The Morgan fingerprint density at radius 1 is 0.541 bits per heavy atom. The summed E-state index contributed by atoms with van der Waals surface area (Å²) in [7, 11) is -1.06. The summed E-state index contributed by atoms with van der Waals surface area (Å²) in [6.07, 6.45) is 22.9. The topological polar surface area (TPSA) is 0 Å². The van der Waals surface area contributed by atoms with Gasteiger partial charge in [-0.1, -0.05) is 115 Å². The fraction of sp³-hybridized carbons (Fsp3) is 0.812. The van der Waals surface area contributed by atoms with Crippen molar-refractivity contribution in [2.24, 2.45) is 0 Å². The van der Waals surface area contributed by atoms with E-state index in [-0.39, 0.29) is 12.4 Å². The summed E-state index contributed by atoms with van der Waals surface area (Å²) in [5.74, 6) is 0. The summed E-state index contributed by atoms with van der Waals surface area (Å²) in [6, 6.07) is 11.2. The molecule has 0 amide bonds. The Kier molecular flexibility index (Phi) is 23.4. The minimum absolute atomic E-state index is 0. The molecule has 218 valence electrons. The highest BCUT2D eigenvalue weighted by Crippen LogP contribution is 2.63. The van der Waals surface area contributed by atoms with Crippen molar-refractivity contribution in [2.45, 2.75) is 148 Å². The van der Waals surface area contributed by atoms with Gasteiger partial charge < -0.3 is 12.4 Å². The van der Waals surface area contributed by atoms with Crippen LogP contribution in [0, 0.1) is 0 Å². The van der Waals surface area contributed by atoms with Gasteiger partial charge >= 0.3 is 6.18 Å². The molecule has 1 rings (SSSR count). The quantitative estimate of drug-likeness (QED) is 0.0867. The van der Waals surface area contributed by atoms with Crippen molar-refractivity contribution in [3.8, 4) is 0 Å². The molecular formula is C32H57ClF3P. The second-order valence-electron chi connectivity index (χ2n) is 11.2. The number of hydrogen-bond acceptors (Lipinski definition) is 0. The van der Waals surface area contributed by atoms with Crippen LogP contribution in [-0.4, -0.2) is 24.7 Å². The van der Waals surface area contributed by atoms with E-state index >= 15 is 0 Å². The van der Waals surface area contributed by atoms with Crippen LogP contribution in [0.2, 0.25) is 0 Å². The summed E-state index contributed by atoms with van der Waals surface area (Å²) in [6.45, 7) is 4.57. The van der Waals surface area contributed by atoms with E-state index in [4.69, 9.17) is 0 Å². The van der Waals surface area contributed by atoms with E-state index < -0.39 is 19.9 Å². The molecule has 0 aromatic heterocycles. The summed E-state index contributed by atoms with van der Waals surface area (Å²) < 4.78 is 37.1. The highest BCUT2D eigenvalue weighted by molar-refractivity contribution is 7.75. The molecule has 0 spiro atoms. The van der Waals surface area contributed by atoms with E-state index in [0.29, 0.717) is 6.42 Å². The maximum atomic E-state index is 12.4. The number of unbranched alkanes of at least 4 members (excludes halogenated alkanes) is 15. The number of alkyl halides is 3. The van der Waals surface area contributed by atoms with Crippen molar-refractivity contribution >= 4 is 7.26 Å². The van der Waals surface area contributed by atoms with Crippen LogP contribution in [0.25, 0.3) is 0 Å². The molecule has 37 heavy (non-hydrogen) atoms. The number of hydrogen-bond donors (Lipinski definition) is 0. The zero-order chi connectivity index (χ0) is 26.4. The Hall–Kier alpha value is -0.270. The molecule has 0 N–H and O–H groups in total. The Balaban J connectivity index is 0.0000130. The molecule has 0 fully saturated rings. The van der Waals surface area contributed by atoms with Crippen molar-refractivity contribution in [3.63, 3.8) is 0 Å². The maximum absolute atomic E-state index is 12.4. The zero-order valence-electron chi connectivity index (χ0n) is 24.1. The normalized spacial score (nSPS) is 12.0. The lowest BCUT2D eigenvalue weighted by atomic mass is 10.1. The highest BCUT2D eigenvalue weighted by Gasteiger charge is 2.36. The smallest absolute Gasteiger partial charge is 0.389 e. The van der Waals surface area contributed by atoms with Gasteiger partial charge in [0.1, 0.15) is 0 Å². The highest BCUT2D eigenvalue weighted by atomic mass is 35.5. The molecule has 0 bridgehead atoms. The second-order valence-corrected chi connectivity index (χ2v) is 15.5. The third-order valence-corrected chi connectivity index (χ3v) is 12.5. The average molecular weight is 565 g/mol. The van der Waals surface area contributed by atoms with Gasteiger partial charge in [-0.25, -0.2) is 0 Å². The Labute approximate surface area is 235 Å². The van der Waals surface area contributed by atoms with Crippen LogP contribution < -0.4 is 12.4 Å². The molecule has 0 radical (unpaired) electrons. The molecule has 0 aliphatic heterocycles. The monoisotopic (exact) mass is 564 g/mol. The molecule has 5 heteroatoms. The van der Waals surface area contributed by atoms with Crippen LogP contribution in [-0.2, 0) is 6.16 Å². The van der Waals surface area contributed by atoms with Crippen LogP contribution >= 0.6 is 7.26 Å². The SMILES string of the molecule is CCCCCCCC[P+](CCCCCCCC)(CCCCCCCCC(F)(F)F)Cc1ccccc1.[Cl-]. The molecule has 0 saturated heterocycles. The van der Waals surface area contributed by atoms with Gasteiger partial charge in [0.05, 0.1) is 24.6 Å². The van der Waals surface area contributed by atoms with E-state index in [1.54, 1.807) is 0 Å². The van der Waals surface area contributed by atoms with Crippen molar-refractivity contribution in [3.05, 3.63) is 35.9 Å². The largest absolute Gasteiger partial charge is 1.00 e. The van der Waals surface area contributed by atoms with Crippen molar-refractivity contribution < 1.29 is 25.6 Å². The first-order chi connectivity index (χ1) is 17.4. The Morgan fingerprint density at radius 3 is 1.32 bits per heavy atom. The lowest BCUT2D eigenvalue weighted by molar-refractivity contribution is -0.135. The molecule has 0 heterocycles. The predicted octanol–water partition coefficient (Wildman–Crippen LogP) is 9.22. The van der Waals surface area contributed by atoms with Crippen LogP contribution in [0.4, 0.5) is 13.2 Å². The van der Waals surface area contributed by atoms with Gasteiger partial charge in [0.2, 0.25) is 0 Å². The first-order valence-corrected chi connectivity index (χ1v) is 17.9. The molecule has 0 saturated carbocycles. The number of rotatable bonds is 24. The molecule has 1 aromatic carbocycles. The van der Waals surface area contributed by atoms with Crippen LogP contribution in [0.1, 0.15) is 141 Å². The standard InChI is InChI=1S/C32H57F3P.ClH/c1-3-5-7-9-14-21-27-36(28-22-15-10-8-6-4-2,30-31-24-18-17-19-25-31)29-23-16-12-11-13-20-26-32(33,34)35;/h17-19,24-25H,3-16,20-23,26-30H2,1-2H3;1H/q+1;/p-1. The fourth-order valence-corrected chi connectivity index (χ4v) is 10.3. The second kappa shape index (κ2) is 23.6. The first kappa shape index (κ1) is 36.7.